The maximum Gasteiger partial charge on any atom is 0.0546 e. The molecule has 1 heteroatoms. The minimum atomic E-state index is -0.0937. The third-order valence-corrected chi connectivity index (χ3v) is 3.89. The first-order valence-corrected chi connectivity index (χ1v) is 6.66. The molecule has 1 N–H and O–H groups in total. The molecule has 2 aromatic carbocycles. The molecule has 1 aliphatic carbocycles. The predicted octanol–water partition coefficient (Wildman–Crippen LogP) is 3.98. The Balaban J connectivity index is 1.81. The van der Waals surface area contributed by atoms with Crippen LogP contribution in [-0.2, 0) is 0 Å². The average molecular weight is 238 g/mol. The molecule has 1 saturated carbocycles. The molecule has 2 aromatic rings. The summed E-state index contributed by atoms with van der Waals surface area (Å²) < 4.78 is 0. The number of hydrogen-bond acceptors (Lipinski definition) is 1. The topological polar surface area (TPSA) is 20.2 Å². The van der Waals surface area contributed by atoms with Crippen molar-refractivity contribution < 1.29 is 5.11 Å². The van der Waals surface area contributed by atoms with Crippen LogP contribution in [-0.4, -0.2) is 11.2 Å². The number of benzene rings is 2. The molecule has 3 rings (SSSR count). The van der Waals surface area contributed by atoms with Crippen molar-refractivity contribution in [2.45, 2.75) is 31.3 Å². The molecule has 0 saturated heterocycles. The maximum atomic E-state index is 9.59. The molecule has 92 valence electrons. The summed E-state index contributed by atoms with van der Waals surface area (Å²) >= 11 is 0. The van der Waals surface area contributed by atoms with Crippen LogP contribution in [0.5, 0.6) is 0 Å². The smallest absolute Gasteiger partial charge is 0.0546 e. The average Bonchev–Trinajstić information content (AvgIpc) is 2.87. The third kappa shape index (κ3) is 2.32. The summed E-state index contributed by atoms with van der Waals surface area (Å²) in [5.41, 5.74) is 3.89. The third-order valence-electron chi connectivity index (χ3n) is 3.89. The lowest BCUT2D eigenvalue weighted by Gasteiger charge is -2.10. The summed E-state index contributed by atoms with van der Waals surface area (Å²) in [4.78, 5) is 0. The Kier molecular flexibility index (Phi) is 3.16. The Hall–Kier alpha value is -1.60. The number of aliphatic hydroxyl groups excluding tert-OH is 1. The van der Waals surface area contributed by atoms with Gasteiger partial charge in [0.2, 0.25) is 0 Å². The fourth-order valence-electron chi connectivity index (χ4n) is 2.84. The standard InChI is InChI=1S/C17H18O/c18-17-11-10-16(12-17)15-8-6-14(7-9-15)13-4-2-1-3-5-13/h1-9,16-18H,10-12H2. The minimum Gasteiger partial charge on any atom is -0.393 e. The molecule has 1 fully saturated rings. The van der Waals surface area contributed by atoms with E-state index < -0.39 is 0 Å². The van der Waals surface area contributed by atoms with Gasteiger partial charge >= 0.3 is 0 Å². The van der Waals surface area contributed by atoms with Gasteiger partial charge in [-0.25, -0.2) is 0 Å². The SMILES string of the molecule is OC1CCC(c2ccc(-c3ccccc3)cc2)C1. The maximum absolute atomic E-state index is 9.59. The molecular formula is C17H18O. The van der Waals surface area contributed by atoms with Gasteiger partial charge in [-0.3, -0.25) is 0 Å². The molecule has 1 nitrogen and oxygen atoms in total. The predicted molar refractivity (Wildman–Crippen MR) is 74.5 cm³/mol. The highest BCUT2D eigenvalue weighted by Crippen LogP contribution is 2.35. The minimum absolute atomic E-state index is 0.0937. The van der Waals surface area contributed by atoms with E-state index in [4.69, 9.17) is 0 Å². The Morgan fingerprint density at radius 2 is 1.44 bits per heavy atom. The van der Waals surface area contributed by atoms with Gasteiger partial charge < -0.3 is 5.11 Å². The van der Waals surface area contributed by atoms with Crippen LogP contribution in [0.3, 0.4) is 0 Å². The molecule has 0 aliphatic heterocycles. The van der Waals surface area contributed by atoms with Crippen LogP contribution < -0.4 is 0 Å². The highest BCUT2D eigenvalue weighted by atomic mass is 16.3. The second-order valence-electron chi connectivity index (χ2n) is 5.15. The van der Waals surface area contributed by atoms with Crippen molar-refractivity contribution in [3.8, 4) is 11.1 Å². The second kappa shape index (κ2) is 4.95. The van der Waals surface area contributed by atoms with Crippen LogP contribution in [0, 0.1) is 0 Å². The van der Waals surface area contributed by atoms with E-state index in [2.05, 4.69) is 48.5 Å². The Bertz CT molecular complexity index is 501. The molecule has 1 aliphatic rings. The molecule has 0 aromatic heterocycles. The molecule has 0 heterocycles. The van der Waals surface area contributed by atoms with Crippen molar-refractivity contribution in [3.63, 3.8) is 0 Å². The Morgan fingerprint density at radius 3 is 2.06 bits per heavy atom. The molecule has 0 spiro atoms. The summed E-state index contributed by atoms with van der Waals surface area (Å²) in [6.07, 6.45) is 2.89. The zero-order valence-electron chi connectivity index (χ0n) is 10.4. The molecule has 0 radical (unpaired) electrons. The second-order valence-corrected chi connectivity index (χ2v) is 5.15. The zero-order chi connectivity index (χ0) is 12.4. The van der Waals surface area contributed by atoms with Gasteiger partial charge in [-0.2, -0.15) is 0 Å². The quantitative estimate of drug-likeness (QED) is 0.839. The summed E-state index contributed by atoms with van der Waals surface area (Å²) in [6.45, 7) is 0. The molecule has 2 atom stereocenters. The van der Waals surface area contributed by atoms with Crippen LogP contribution in [0.4, 0.5) is 0 Å². The van der Waals surface area contributed by atoms with Crippen LogP contribution in [0.2, 0.25) is 0 Å². The lowest BCUT2D eigenvalue weighted by atomic mass is 9.95. The van der Waals surface area contributed by atoms with Crippen LogP contribution in [0.25, 0.3) is 11.1 Å². The summed E-state index contributed by atoms with van der Waals surface area (Å²) in [5, 5.41) is 9.59. The van der Waals surface area contributed by atoms with Gasteiger partial charge in [0.15, 0.2) is 0 Å². The monoisotopic (exact) mass is 238 g/mol. The Morgan fingerprint density at radius 1 is 0.778 bits per heavy atom. The summed E-state index contributed by atoms with van der Waals surface area (Å²) in [7, 11) is 0. The first kappa shape index (κ1) is 11.5. The van der Waals surface area contributed by atoms with E-state index in [1.165, 1.54) is 16.7 Å². The van der Waals surface area contributed by atoms with Gasteiger partial charge in [0, 0.05) is 0 Å². The van der Waals surface area contributed by atoms with E-state index >= 15 is 0 Å². The molecule has 18 heavy (non-hydrogen) atoms. The van der Waals surface area contributed by atoms with Gasteiger partial charge in [-0.1, -0.05) is 54.6 Å². The van der Waals surface area contributed by atoms with E-state index in [1.807, 2.05) is 6.07 Å². The first-order valence-electron chi connectivity index (χ1n) is 6.66. The normalized spacial score (nSPS) is 23.2. The zero-order valence-corrected chi connectivity index (χ0v) is 10.4. The highest BCUT2D eigenvalue weighted by molar-refractivity contribution is 5.63. The molecule has 0 bridgehead atoms. The van der Waals surface area contributed by atoms with E-state index in [0.29, 0.717) is 5.92 Å². The summed E-state index contributed by atoms with van der Waals surface area (Å²) in [5.74, 6) is 0.546. The van der Waals surface area contributed by atoms with Crippen molar-refractivity contribution in [1.82, 2.24) is 0 Å². The van der Waals surface area contributed by atoms with Crippen LogP contribution in [0.15, 0.2) is 54.6 Å². The highest BCUT2D eigenvalue weighted by Gasteiger charge is 2.23. The van der Waals surface area contributed by atoms with Gasteiger partial charge in [0.25, 0.3) is 0 Å². The van der Waals surface area contributed by atoms with Gasteiger partial charge in [-0.05, 0) is 41.9 Å². The van der Waals surface area contributed by atoms with Gasteiger partial charge in [0.05, 0.1) is 6.10 Å². The summed E-state index contributed by atoms with van der Waals surface area (Å²) in [6, 6.07) is 19.2. The van der Waals surface area contributed by atoms with E-state index in [-0.39, 0.29) is 6.10 Å². The molecule has 2 unspecified atom stereocenters. The van der Waals surface area contributed by atoms with E-state index in [9.17, 15) is 5.11 Å². The molecular weight excluding hydrogens is 220 g/mol. The largest absolute Gasteiger partial charge is 0.393 e. The van der Waals surface area contributed by atoms with Crippen molar-refractivity contribution in [3.05, 3.63) is 60.2 Å². The first-order chi connectivity index (χ1) is 8.83. The van der Waals surface area contributed by atoms with Crippen molar-refractivity contribution in [2.75, 3.05) is 0 Å². The van der Waals surface area contributed by atoms with Crippen molar-refractivity contribution in [2.24, 2.45) is 0 Å². The lowest BCUT2D eigenvalue weighted by molar-refractivity contribution is 0.181. The van der Waals surface area contributed by atoms with Crippen LogP contribution in [0.1, 0.15) is 30.7 Å². The number of rotatable bonds is 2. The van der Waals surface area contributed by atoms with Crippen molar-refractivity contribution >= 4 is 0 Å². The van der Waals surface area contributed by atoms with Crippen LogP contribution >= 0.6 is 0 Å². The lowest BCUT2D eigenvalue weighted by Crippen LogP contribution is -1.99. The van der Waals surface area contributed by atoms with Gasteiger partial charge in [0.1, 0.15) is 0 Å². The van der Waals surface area contributed by atoms with E-state index in [0.717, 1.165) is 19.3 Å². The fourth-order valence-corrected chi connectivity index (χ4v) is 2.84. The number of aliphatic hydroxyl groups is 1. The fraction of sp³-hybridized carbons (Fsp3) is 0.294. The Labute approximate surface area is 108 Å². The molecule has 0 amide bonds. The van der Waals surface area contributed by atoms with Crippen molar-refractivity contribution in [1.29, 1.82) is 0 Å². The van der Waals surface area contributed by atoms with E-state index in [1.54, 1.807) is 0 Å². The number of hydrogen-bond donors (Lipinski definition) is 1. The van der Waals surface area contributed by atoms with Gasteiger partial charge in [-0.15, -0.1) is 0 Å².